The second kappa shape index (κ2) is 8.70. The molecule has 9 heteroatoms. The number of nitrogens with zero attached hydrogens (tertiary/aromatic N) is 1. The minimum absolute atomic E-state index is 0.185. The number of ether oxygens (including phenoxy) is 3. The lowest BCUT2D eigenvalue weighted by Gasteiger charge is -2.33. The molecule has 2 saturated heterocycles. The largest absolute Gasteiger partial charge is 0.486 e. The van der Waals surface area contributed by atoms with Crippen LogP contribution in [0.25, 0.3) is 0 Å². The molecule has 4 atom stereocenters. The lowest BCUT2D eigenvalue weighted by molar-refractivity contribution is -0.152. The molecule has 3 aromatic rings. The molecular weight excluding hydrogens is 479 g/mol. The summed E-state index contributed by atoms with van der Waals surface area (Å²) in [6, 6.07) is 18.5. The summed E-state index contributed by atoms with van der Waals surface area (Å²) in [5, 5.41) is 3.19. The van der Waals surface area contributed by atoms with Gasteiger partial charge >= 0.3 is 5.97 Å². The molecule has 0 saturated carbocycles. The number of hydrogen-bond donors (Lipinski definition) is 1. The summed E-state index contributed by atoms with van der Waals surface area (Å²) >= 11 is 0. The predicted molar refractivity (Wildman–Crippen MR) is 129 cm³/mol. The van der Waals surface area contributed by atoms with Gasteiger partial charge in [-0.25, -0.2) is 14.1 Å². The van der Waals surface area contributed by atoms with Crippen molar-refractivity contribution in [1.29, 1.82) is 0 Å². The molecule has 8 nitrogen and oxygen atoms in total. The molecule has 3 aromatic carbocycles. The number of carbonyl (C=O) groups excluding carboxylic acids is 3. The summed E-state index contributed by atoms with van der Waals surface area (Å²) in [4.78, 5) is 42.7. The molecule has 0 unspecified atom stereocenters. The number of halogens is 1. The summed E-state index contributed by atoms with van der Waals surface area (Å²) in [7, 11) is 1.22. The zero-order valence-electron chi connectivity index (χ0n) is 19.8. The van der Waals surface area contributed by atoms with E-state index in [2.05, 4.69) is 5.32 Å². The first-order valence-electron chi connectivity index (χ1n) is 11.9. The summed E-state index contributed by atoms with van der Waals surface area (Å²) in [6.07, 6.45) is 0. The summed E-state index contributed by atoms with van der Waals surface area (Å²) in [6.45, 7) is 0.731. The van der Waals surface area contributed by atoms with Gasteiger partial charge in [-0.3, -0.25) is 14.9 Å². The maximum atomic E-state index is 15.1. The SMILES string of the molecule is COC(=O)[C@@]1(c2ccccc2)N[C@@H](c2ccccc2F)[C@H]2C(=O)N(c3ccc4c(c3)OCCO4)C(=O)[C@H]21. The number of methoxy groups -OCH3 is 1. The Morgan fingerprint density at radius 1 is 0.973 bits per heavy atom. The molecule has 37 heavy (non-hydrogen) atoms. The van der Waals surface area contributed by atoms with Crippen LogP contribution in [0.2, 0.25) is 0 Å². The average molecular weight is 502 g/mol. The van der Waals surface area contributed by atoms with Gasteiger partial charge in [-0.05, 0) is 23.8 Å². The zero-order chi connectivity index (χ0) is 25.7. The van der Waals surface area contributed by atoms with Crippen LogP contribution in [0, 0.1) is 17.7 Å². The van der Waals surface area contributed by atoms with E-state index in [-0.39, 0.29) is 11.3 Å². The van der Waals surface area contributed by atoms with Crippen LogP contribution >= 0.6 is 0 Å². The van der Waals surface area contributed by atoms with Crippen molar-refractivity contribution < 1.29 is 33.0 Å². The molecule has 188 valence electrons. The number of imide groups is 1. The average Bonchev–Trinajstić information content (AvgIpc) is 3.42. The second-order valence-electron chi connectivity index (χ2n) is 9.15. The van der Waals surface area contributed by atoms with E-state index in [0.717, 1.165) is 4.90 Å². The Bertz CT molecular complexity index is 1410. The number of nitrogens with one attached hydrogen (secondary N) is 1. The number of hydrogen-bond acceptors (Lipinski definition) is 7. The third-order valence-electron chi connectivity index (χ3n) is 7.32. The molecule has 3 heterocycles. The smallest absolute Gasteiger partial charge is 0.331 e. The molecule has 3 aliphatic heterocycles. The molecular formula is C28H23FN2O6. The standard InChI is InChI=1S/C28H23FN2O6/c1-35-27(34)28(16-7-3-2-4-8-16)23-22(24(30-28)18-9-5-6-10-19(18)29)25(32)31(26(23)33)17-11-12-20-21(15-17)37-14-13-36-20/h2-12,15,22-24,30H,13-14H2,1H3/t22-,23-,24-,28-/m0/s1. The fraction of sp³-hybridized carbons (Fsp3) is 0.250. The van der Waals surface area contributed by atoms with Crippen LogP contribution in [0.5, 0.6) is 11.5 Å². The van der Waals surface area contributed by atoms with Gasteiger partial charge in [-0.15, -0.1) is 0 Å². The lowest BCUT2D eigenvalue weighted by Crippen LogP contribution is -2.53. The molecule has 6 rings (SSSR count). The van der Waals surface area contributed by atoms with E-state index in [1.807, 2.05) is 0 Å². The van der Waals surface area contributed by atoms with Gasteiger partial charge in [0.05, 0.1) is 24.6 Å². The quantitative estimate of drug-likeness (QED) is 0.433. The van der Waals surface area contributed by atoms with Gasteiger partial charge < -0.3 is 14.2 Å². The van der Waals surface area contributed by atoms with Crippen molar-refractivity contribution in [2.75, 3.05) is 25.2 Å². The van der Waals surface area contributed by atoms with Crippen LogP contribution in [-0.4, -0.2) is 38.1 Å². The topological polar surface area (TPSA) is 94.2 Å². The van der Waals surface area contributed by atoms with Gasteiger partial charge in [-0.2, -0.15) is 0 Å². The third-order valence-corrected chi connectivity index (χ3v) is 7.32. The molecule has 2 amide bonds. The van der Waals surface area contributed by atoms with Crippen LogP contribution < -0.4 is 19.7 Å². The number of esters is 1. The number of fused-ring (bicyclic) bond motifs is 2. The fourth-order valence-corrected chi connectivity index (χ4v) is 5.76. The van der Waals surface area contributed by atoms with Crippen molar-refractivity contribution >= 4 is 23.5 Å². The fourth-order valence-electron chi connectivity index (χ4n) is 5.76. The van der Waals surface area contributed by atoms with Crippen LogP contribution in [0.1, 0.15) is 17.2 Å². The first-order valence-corrected chi connectivity index (χ1v) is 11.9. The van der Waals surface area contributed by atoms with E-state index in [1.54, 1.807) is 66.7 Å². The maximum absolute atomic E-state index is 15.1. The van der Waals surface area contributed by atoms with Crippen molar-refractivity contribution in [1.82, 2.24) is 5.32 Å². The number of benzene rings is 3. The van der Waals surface area contributed by atoms with E-state index < -0.39 is 47.0 Å². The highest BCUT2D eigenvalue weighted by atomic mass is 19.1. The van der Waals surface area contributed by atoms with E-state index in [0.29, 0.717) is 30.3 Å². The molecule has 0 radical (unpaired) electrons. The van der Waals surface area contributed by atoms with E-state index in [9.17, 15) is 14.4 Å². The summed E-state index contributed by atoms with van der Waals surface area (Å²) in [5.41, 5.74) is -0.804. The minimum atomic E-state index is -1.72. The highest BCUT2D eigenvalue weighted by Crippen LogP contribution is 2.54. The summed E-state index contributed by atoms with van der Waals surface area (Å²) in [5.74, 6) is -3.77. The van der Waals surface area contributed by atoms with Gasteiger partial charge in [0, 0.05) is 17.7 Å². The number of carbonyl (C=O) groups is 3. The number of anilines is 1. The van der Waals surface area contributed by atoms with Crippen LogP contribution in [-0.2, 0) is 24.7 Å². The van der Waals surface area contributed by atoms with Crippen molar-refractivity contribution in [3.63, 3.8) is 0 Å². The minimum Gasteiger partial charge on any atom is -0.486 e. The van der Waals surface area contributed by atoms with E-state index in [4.69, 9.17) is 14.2 Å². The Balaban J connectivity index is 1.54. The lowest BCUT2D eigenvalue weighted by atomic mass is 9.75. The second-order valence-corrected chi connectivity index (χ2v) is 9.15. The van der Waals surface area contributed by atoms with Gasteiger partial charge in [0.2, 0.25) is 11.8 Å². The predicted octanol–water partition coefficient (Wildman–Crippen LogP) is 3.12. The van der Waals surface area contributed by atoms with E-state index >= 15 is 4.39 Å². The summed E-state index contributed by atoms with van der Waals surface area (Å²) < 4.78 is 31.5. The highest BCUT2D eigenvalue weighted by molar-refractivity contribution is 6.24. The Morgan fingerprint density at radius 2 is 1.68 bits per heavy atom. The zero-order valence-corrected chi connectivity index (χ0v) is 19.8. The maximum Gasteiger partial charge on any atom is 0.331 e. The van der Waals surface area contributed by atoms with Crippen molar-refractivity contribution in [3.05, 3.63) is 89.7 Å². The molecule has 2 fully saturated rings. The molecule has 0 aromatic heterocycles. The first kappa shape index (κ1) is 23.2. The molecule has 0 bridgehead atoms. The monoisotopic (exact) mass is 502 g/mol. The number of rotatable bonds is 4. The van der Waals surface area contributed by atoms with Crippen molar-refractivity contribution in [2.24, 2.45) is 11.8 Å². The third kappa shape index (κ3) is 3.34. The van der Waals surface area contributed by atoms with Gasteiger partial charge in [0.1, 0.15) is 19.0 Å². The van der Waals surface area contributed by atoms with Gasteiger partial charge in [-0.1, -0.05) is 48.5 Å². The molecule has 1 N–H and O–H groups in total. The Labute approximate surface area is 211 Å². The van der Waals surface area contributed by atoms with Crippen LogP contribution in [0.4, 0.5) is 10.1 Å². The van der Waals surface area contributed by atoms with Crippen LogP contribution in [0.15, 0.2) is 72.8 Å². The van der Waals surface area contributed by atoms with Gasteiger partial charge in [0.25, 0.3) is 0 Å². The van der Waals surface area contributed by atoms with Crippen molar-refractivity contribution in [2.45, 2.75) is 11.6 Å². The molecule has 0 aliphatic carbocycles. The van der Waals surface area contributed by atoms with Crippen molar-refractivity contribution in [3.8, 4) is 11.5 Å². The molecule has 3 aliphatic rings. The Kier molecular flexibility index (Phi) is 5.45. The normalized spacial score (nSPS) is 26.2. The van der Waals surface area contributed by atoms with Gasteiger partial charge in [0.15, 0.2) is 17.0 Å². The highest BCUT2D eigenvalue weighted by Gasteiger charge is 2.70. The molecule has 0 spiro atoms. The number of amides is 2. The van der Waals surface area contributed by atoms with E-state index in [1.165, 1.54) is 13.2 Å². The Morgan fingerprint density at radius 3 is 2.41 bits per heavy atom. The first-order chi connectivity index (χ1) is 18.0. The Hall–Kier alpha value is -4.24. The van der Waals surface area contributed by atoms with Crippen LogP contribution in [0.3, 0.4) is 0 Å².